The molecule has 202 valence electrons. The molecule has 0 aliphatic rings. The Balaban J connectivity index is 0. The molecule has 0 spiro atoms. The summed E-state index contributed by atoms with van der Waals surface area (Å²) in [7, 11) is 0. The summed E-state index contributed by atoms with van der Waals surface area (Å²) in [6.45, 7) is 9.93. The Kier molecular flexibility index (Phi) is 20.5. The summed E-state index contributed by atoms with van der Waals surface area (Å²) >= 11 is -2.99. The van der Waals surface area contributed by atoms with Gasteiger partial charge in [-0.3, -0.25) is 0 Å². The molecule has 0 heterocycles. The number of benzene rings is 3. The fraction of sp³-hybridized carbons (Fsp3) is 0.300. The van der Waals surface area contributed by atoms with Gasteiger partial charge in [-0.15, -0.1) is 0 Å². The maximum absolute atomic E-state index is 8.89. The van der Waals surface area contributed by atoms with Crippen LogP contribution in [0.25, 0.3) is 0 Å². The maximum atomic E-state index is 8.89. The molecule has 38 heavy (non-hydrogen) atoms. The number of aryl methyl sites for hydroxylation is 1. The summed E-state index contributed by atoms with van der Waals surface area (Å²) in [6, 6.07) is 29.7. The van der Waals surface area contributed by atoms with Gasteiger partial charge in [0.05, 0.1) is 0 Å². The first-order valence-electron chi connectivity index (χ1n) is 12.2. The van der Waals surface area contributed by atoms with Gasteiger partial charge in [-0.2, -0.15) is 0 Å². The Morgan fingerprint density at radius 2 is 0.974 bits per heavy atom. The van der Waals surface area contributed by atoms with E-state index in [4.69, 9.17) is 29.7 Å². The van der Waals surface area contributed by atoms with E-state index < -0.39 is 36.3 Å². The molecule has 8 heteroatoms. The van der Waals surface area contributed by atoms with Gasteiger partial charge in [0.25, 0.3) is 0 Å². The van der Waals surface area contributed by atoms with E-state index >= 15 is 0 Å². The van der Waals surface area contributed by atoms with Crippen LogP contribution >= 0.6 is 0 Å². The minimum absolute atomic E-state index is 0. The van der Waals surface area contributed by atoms with Crippen molar-refractivity contribution in [2.45, 2.75) is 58.8 Å². The maximum Gasteiger partial charge on any atom is 3.00 e. The second-order valence-electron chi connectivity index (χ2n) is 8.12. The van der Waals surface area contributed by atoms with Crippen LogP contribution in [0.3, 0.4) is 0 Å². The third kappa shape index (κ3) is 13.0. The third-order valence-corrected chi connectivity index (χ3v) is 20.0. The topological polar surface area (TPSA) is 120 Å². The number of hydrogen-bond acceptors (Lipinski definition) is 6. The van der Waals surface area contributed by atoms with Crippen molar-refractivity contribution in [3.8, 4) is 0 Å². The van der Waals surface area contributed by atoms with E-state index in [2.05, 4.69) is 99.6 Å². The van der Waals surface area contributed by atoms with E-state index in [0.29, 0.717) is 0 Å². The van der Waals surface area contributed by atoms with E-state index in [-0.39, 0.29) is 24.4 Å². The minimum atomic E-state index is -2.99. The zero-order valence-electron chi connectivity index (χ0n) is 23.0. The average Bonchev–Trinajstić information content (AvgIpc) is 2.85. The number of aliphatic carboxylic acids is 3. The molecule has 0 unspecified atom stereocenters. The minimum Gasteiger partial charge on any atom is 3.00 e. The summed E-state index contributed by atoms with van der Waals surface area (Å²) in [4.78, 5) is 26.7. The van der Waals surface area contributed by atoms with Crippen LogP contribution in [0.5, 0.6) is 0 Å². The number of hydrogen-bond donors (Lipinski definition) is 0. The molecular weight excluding hydrogens is 697 g/mol. The fourth-order valence-electron chi connectivity index (χ4n) is 4.30. The van der Waals surface area contributed by atoms with Crippen molar-refractivity contribution in [1.29, 1.82) is 0 Å². The summed E-state index contributed by atoms with van der Waals surface area (Å²) in [6.07, 6.45) is 2.24. The van der Waals surface area contributed by atoms with Crippen molar-refractivity contribution in [2.75, 3.05) is 0 Å². The van der Waals surface area contributed by atoms with Crippen LogP contribution in [-0.4, -0.2) is 60.7 Å². The Hall–Kier alpha value is -2.31. The van der Waals surface area contributed by atoms with Gasteiger partial charge < -0.3 is 29.7 Å². The van der Waals surface area contributed by atoms with Crippen molar-refractivity contribution in [3.05, 3.63) is 90.0 Å². The Labute approximate surface area is 248 Å². The smallest absolute Gasteiger partial charge is 3.00 e. The molecule has 0 atom stereocenters. The van der Waals surface area contributed by atoms with Crippen molar-refractivity contribution in [1.82, 2.24) is 0 Å². The molecule has 3 rings (SSSR count). The zero-order valence-corrected chi connectivity index (χ0v) is 28.4. The van der Waals surface area contributed by atoms with Crippen molar-refractivity contribution in [2.24, 2.45) is 0 Å². The molecule has 0 fully saturated rings. The van der Waals surface area contributed by atoms with Crippen LogP contribution in [0.1, 0.15) is 52.7 Å². The Morgan fingerprint density at radius 1 is 0.605 bits per heavy atom. The molecule has 0 aliphatic carbocycles. The standard InChI is InChI=1S/C10H13.2C6H5.3C2H4O2.C2H5.Sb.Sn/c1-3-9-7-5-6-8-10(9)4-2;2*1-2-4-6-5-3-1;3*1-2(3)4;1-2;;/h5-7H,3-4H2,1-2H3;2*1-5H;3*1H3,(H,3,4);1H2,2H3;;/q;;;;;;;+3;/p-3. The third-order valence-electron chi connectivity index (χ3n) is 5.53. The summed E-state index contributed by atoms with van der Waals surface area (Å²) < 4.78 is 6.11. The SMILES string of the molecule is CC(=O)[O-].CC(=O)[O-].CC(=O)[O-].CCc1ccc[c]([Sn]([CH2]C)([c]2ccccc2)[c]2ccccc2)c1CC.[Sb+3]. The molecular formula is C30H37O6SbSn. The molecule has 0 saturated carbocycles. The molecule has 0 N–H and O–H groups in total. The van der Waals surface area contributed by atoms with Crippen LogP contribution in [0.2, 0.25) is 4.44 Å². The first-order chi connectivity index (χ1) is 17.5. The van der Waals surface area contributed by atoms with E-state index in [9.17, 15) is 0 Å². The average molecular weight is 734 g/mol. The van der Waals surface area contributed by atoms with E-state index in [1.165, 1.54) is 10.0 Å². The summed E-state index contributed by atoms with van der Waals surface area (Å²) in [5.74, 6) is -3.25. The van der Waals surface area contributed by atoms with E-state index in [1.807, 2.05) is 0 Å². The van der Waals surface area contributed by atoms with Crippen LogP contribution in [0.4, 0.5) is 0 Å². The van der Waals surface area contributed by atoms with Gasteiger partial charge in [0.2, 0.25) is 0 Å². The van der Waals surface area contributed by atoms with Crippen LogP contribution in [-0.2, 0) is 27.2 Å². The second kappa shape index (κ2) is 20.6. The van der Waals surface area contributed by atoms with Crippen LogP contribution in [0, 0.1) is 0 Å². The molecule has 0 amide bonds. The number of carboxylic acids is 3. The second-order valence-corrected chi connectivity index (χ2v) is 20.1. The van der Waals surface area contributed by atoms with E-state index in [0.717, 1.165) is 33.6 Å². The predicted octanol–water partition coefficient (Wildman–Crippen LogP) is 0.189. The van der Waals surface area contributed by atoms with Gasteiger partial charge >= 0.3 is 182 Å². The van der Waals surface area contributed by atoms with Gasteiger partial charge in [0.15, 0.2) is 0 Å². The van der Waals surface area contributed by atoms with Gasteiger partial charge in [-0.1, -0.05) is 0 Å². The predicted molar refractivity (Wildman–Crippen MR) is 151 cm³/mol. The Morgan fingerprint density at radius 3 is 1.26 bits per heavy atom. The fourth-order valence-corrected chi connectivity index (χ4v) is 18.3. The van der Waals surface area contributed by atoms with Gasteiger partial charge in [0.1, 0.15) is 0 Å². The number of rotatable bonds is 6. The van der Waals surface area contributed by atoms with Gasteiger partial charge in [0, 0.05) is 17.9 Å². The molecule has 2 radical (unpaired) electrons. The van der Waals surface area contributed by atoms with Crippen molar-refractivity contribution in [3.63, 3.8) is 0 Å². The summed E-state index contributed by atoms with van der Waals surface area (Å²) in [5.41, 5.74) is 3.14. The number of carbonyl (C=O) groups is 3. The largest absolute Gasteiger partial charge is 3.00 e. The first-order valence-corrected chi connectivity index (χ1v) is 18.5. The van der Waals surface area contributed by atoms with Crippen molar-refractivity contribution >= 4 is 71.5 Å². The molecule has 3 aromatic rings. The van der Waals surface area contributed by atoms with E-state index in [1.54, 1.807) is 16.3 Å². The Bertz CT molecular complexity index is 1020. The summed E-state index contributed by atoms with van der Waals surface area (Å²) in [5, 5.41) is 26.7. The molecule has 0 aliphatic heterocycles. The molecule has 6 nitrogen and oxygen atoms in total. The normalized spacial score (nSPS) is 9.53. The van der Waals surface area contributed by atoms with Gasteiger partial charge in [-0.25, -0.2) is 0 Å². The number of carboxylic acid groups (broad SMARTS) is 3. The quantitative estimate of drug-likeness (QED) is 0.334. The van der Waals surface area contributed by atoms with Gasteiger partial charge in [-0.05, 0) is 20.8 Å². The molecule has 3 aromatic carbocycles. The molecule has 0 saturated heterocycles. The molecule has 0 aromatic heterocycles. The monoisotopic (exact) mass is 734 g/mol. The molecule has 0 bridgehead atoms. The number of carbonyl (C=O) groups excluding carboxylic acids is 3. The van der Waals surface area contributed by atoms with Crippen LogP contribution < -0.4 is 26.1 Å². The first kappa shape index (κ1) is 37.8. The van der Waals surface area contributed by atoms with Crippen molar-refractivity contribution < 1.29 is 29.7 Å². The zero-order chi connectivity index (χ0) is 28.4. The van der Waals surface area contributed by atoms with Crippen LogP contribution in [0.15, 0.2) is 78.9 Å².